The van der Waals surface area contributed by atoms with E-state index in [0.717, 1.165) is 18.9 Å². The van der Waals surface area contributed by atoms with Gasteiger partial charge in [-0.25, -0.2) is 4.98 Å². The zero-order valence-corrected chi connectivity index (χ0v) is 10.8. The monoisotopic (exact) mass is 236 g/mol. The molecule has 0 aromatic carbocycles. The Labute approximate surface area is 104 Å². The summed E-state index contributed by atoms with van der Waals surface area (Å²) in [5, 5.41) is 0. The van der Waals surface area contributed by atoms with E-state index in [9.17, 15) is 0 Å². The van der Waals surface area contributed by atoms with E-state index < -0.39 is 0 Å². The molecule has 0 atom stereocenters. The van der Waals surface area contributed by atoms with Crippen LogP contribution in [-0.2, 0) is 13.0 Å². The van der Waals surface area contributed by atoms with E-state index in [0.29, 0.717) is 6.54 Å². The molecule has 1 aromatic rings. The highest BCUT2D eigenvalue weighted by molar-refractivity contribution is 4.99. The molecule has 0 bridgehead atoms. The molecule has 0 unspecified atom stereocenters. The molecule has 0 saturated carbocycles. The second-order valence-corrected chi connectivity index (χ2v) is 4.95. The molecule has 1 fully saturated rings. The van der Waals surface area contributed by atoms with Crippen LogP contribution in [0.25, 0.3) is 0 Å². The quantitative estimate of drug-likeness (QED) is 0.833. The van der Waals surface area contributed by atoms with Gasteiger partial charge in [-0.3, -0.25) is 0 Å². The Morgan fingerprint density at radius 1 is 1.41 bits per heavy atom. The van der Waals surface area contributed by atoms with Gasteiger partial charge in [-0.2, -0.15) is 0 Å². The predicted molar refractivity (Wildman–Crippen MR) is 69.8 cm³/mol. The number of nitrogens with zero attached hydrogens (tertiary/aromatic N) is 3. The van der Waals surface area contributed by atoms with Crippen molar-refractivity contribution in [3.05, 3.63) is 18.2 Å². The van der Waals surface area contributed by atoms with Crippen LogP contribution in [-0.4, -0.2) is 40.6 Å². The van der Waals surface area contributed by atoms with E-state index in [1.54, 1.807) is 0 Å². The Kier molecular flexibility index (Phi) is 4.57. The van der Waals surface area contributed by atoms with Gasteiger partial charge in [-0.15, -0.1) is 0 Å². The Morgan fingerprint density at radius 2 is 2.18 bits per heavy atom. The SMILES string of the molecule is CCN1CCC(Cn2cncc2CCN)CC1. The summed E-state index contributed by atoms with van der Waals surface area (Å²) in [5.74, 6) is 0.809. The molecule has 0 amide bonds. The third-order valence-corrected chi connectivity index (χ3v) is 3.81. The molecular formula is C13H24N4. The highest BCUT2D eigenvalue weighted by atomic mass is 15.1. The zero-order valence-electron chi connectivity index (χ0n) is 10.8. The molecule has 1 saturated heterocycles. The maximum absolute atomic E-state index is 5.61. The Morgan fingerprint density at radius 3 is 2.82 bits per heavy atom. The molecule has 96 valence electrons. The first-order chi connectivity index (χ1) is 8.33. The van der Waals surface area contributed by atoms with Gasteiger partial charge in [0, 0.05) is 24.9 Å². The van der Waals surface area contributed by atoms with Crippen molar-refractivity contribution >= 4 is 0 Å². The minimum absolute atomic E-state index is 0.708. The van der Waals surface area contributed by atoms with Crippen molar-refractivity contribution < 1.29 is 0 Å². The van der Waals surface area contributed by atoms with E-state index in [-0.39, 0.29) is 0 Å². The van der Waals surface area contributed by atoms with Gasteiger partial charge in [-0.05, 0) is 44.9 Å². The van der Waals surface area contributed by atoms with E-state index in [1.807, 2.05) is 12.5 Å². The second kappa shape index (κ2) is 6.17. The average molecular weight is 236 g/mol. The van der Waals surface area contributed by atoms with E-state index in [1.165, 1.54) is 38.2 Å². The van der Waals surface area contributed by atoms with Crippen molar-refractivity contribution in [3.63, 3.8) is 0 Å². The van der Waals surface area contributed by atoms with Crippen LogP contribution in [0.5, 0.6) is 0 Å². The summed E-state index contributed by atoms with van der Waals surface area (Å²) in [6.45, 7) is 7.77. The third-order valence-electron chi connectivity index (χ3n) is 3.81. The lowest BCUT2D eigenvalue weighted by Gasteiger charge is -2.31. The fraction of sp³-hybridized carbons (Fsp3) is 0.769. The van der Waals surface area contributed by atoms with Crippen molar-refractivity contribution in [2.45, 2.75) is 32.7 Å². The van der Waals surface area contributed by atoms with Gasteiger partial charge in [0.25, 0.3) is 0 Å². The molecule has 2 rings (SSSR count). The van der Waals surface area contributed by atoms with E-state index >= 15 is 0 Å². The van der Waals surface area contributed by atoms with Crippen LogP contribution in [0.2, 0.25) is 0 Å². The number of hydrogen-bond acceptors (Lipinski definition) is 3. The number of hydrogen-bond donors (Lipinski definition) is 1. The van der Waals surface area contributed by atoms with Gasteiger partial charge >= 0.3 is 0 Å². The van der Waals surface area contributed by atoms with Gasteiger partial charge in [-0.1, -0.05) is 6.92 Å². The lowest BCUT2D eigenvalue weighted by atomic mass is 9.96. The van der Waals surface area contributed by atoms with Crippen molar-refractivity contribution in [2.75, 3.05) is 26.2 Å². The number of rotatable bonds is 5. The van der Waals surface area contributed by atoms with Crippen molar-refractivity contribution in [1.29, 1.82) is 0 Å². The fourth-order valence-electron chi connectivity index (χ4n) is 2.63. The highest BCUT2D eigenvalue weighted by Crippen LogP contribution is 2.19. The lowest BCUT2D eigenvalue weighted by molar-refractivity contribution is 0.180. The van der Waals surface area contributed by atoms with Crippen LogP contribution in [0.3, 0.4) is 0 Å². The maximum Gasteiger partial charge on any atom is 0.0948 e. The van der Waals surface area contributed by atoms with Crippen LogP contribution in [0.15, 0.2) is 12.5 Å². The van der Waals surface area contributed by atoms with Crippen LogP contribution < -0.4 is 5.73 Å². The van der Waals surface area contributed by atoms with Gasteiger partial charge < -0.3 is 15.2 Å². The van der Waals surface area contributed by atoms with Crippen LogP contribution in [0.1, 0.15) is 25.5 Å². The number of likely N-dealkylation sites (tertiary alicyclic amines) is 1. The summed E-state index contributed by atoms with van der Waals surface area (Å²) < 4.78 is 2.29. The first kappa shape index (κ1) is 12.6. The zero-order chi connectivity index (χ0) is 12.1. The van der Waals surface area contributed by atoms with Crippen LogP contribution in [0, 0.1) is 5.92 Å². The second-order valence-electron chi connectivity index (χ2n) is 4.95. The van der Waals surface area contributed by atoms with E-state index in [4.69, 9.17) is 5.73 Å². The van der Waals surface area contributed by atoms with Crippen molar-refractivity contribution in [1.82, 2.24) is 14.5 Å². The Bertz CT molecular complexity index is 326. The highest BCUT2D eigenvalue weighted by Gasteiger charge is 2.18. The fourth-order valence-corrected chi connectivity index (χ4v) is 2.63. The first-order valence-corrected chi connectivity index (χ1v) is 6.75. The molecule has 1 aromatic heterocycles. The van der Waals surface area contributed by atoms with Crippen LogP contribution in [0.4, 0.5) is 0 Å². The smallest absolute Gasteiger partial charge is 0.0948 e. The number of piperidine rings is 1. The topological polar surface area (TPSA) is 47.1 Å². The summed E-state index contributed by atoms with van der Waals surface area (Å²) in [6.07, 6.45) is 7.47. The molecule has 2 heterocycles. The summed E-state index contributed by atoms with van der Waals surface area (Å²) in [6, 6.07) is 0. The van der Waals surface area contributed by atoms with Gasteiger partial charge in [0.1, 0.15) is 0 Å². The Balaban J connectivity index is 1.86. The number of nitrogens with two attached hydrogens (primary N) is 1. The summed E-state index contributed by atoms with van der Waals surface area (Å²) in [4.78, 5) is 6.77. The summed E-state index contributed by atoms with van der Waals surface area (Å²) in [5.41, 5.74) is 6.89. The molecule has 1 aliphatic heterocycles. The first-order valence-electron chi connectivity index (χ1n) is 6.75. The predicted octanol–water partition coefficient (Wildman–Crippen LogP) is 1.12. The van der Waals surface area contributed by atoms with Crippen molar-refractivity contribution in [3.8, 4) is 0 Å². The molecule has 0 aliphatic carbocycles. The maximum atomic E-state index is 5.61. The molecule has 2 N–H and O–H groups in total. The molecule has 17 heavy (non-hydrogen) atoms. The molecule has 0 radical (unpaired) electrons. The summed E-state index contributed by atoms with van der Waals surface area (Å²) in [7, 11) is 0. The number of imidazole rings is 1. The standard InChI is InChI=1S/C13H24N4/c1-2-16-7-4-12(5-8-16)10-17-11-15-9-13(17)3-6-14/h9,11-12H,2-8,10,14H2,1H3. The molecular weight excluding hydrogens is 212 g/mol. The molecule has 4 nitrogen and oxygen atoms in total. The Hall–Kier alpha value is -0.870. The molecule has 4 heteroatoms. The van der Waals surface area contributed by atoms with Gasteiger partial charge in [0.2, 0.25) is 0 Å². The summed E-state index contributed by atoms with van der Waals surface area (Å²) >= 11 is 0. The minimum Gasteiger partial charge on any atom is -0.334 e. The van der Waals surface area contributed by atoms with Gasteiger partial charge in [0.05, 0.1) is 6.33 Å². The lowest BCUT2D eigenvalue weighted by Crippen LogP contribution is -2.34. The van der Waals surface area contributed by atoms with Crippen molar-refractivity contribution in [2.24, 2.45) is 11.7 Å². The largest absolute Gasteiger partial charge is 0.334 e. The molecule has 1 aliphatic rings. The van der Waals surface area contributed by atoms with Crippen LogP contribution >= 0.6 is 0 Å². The average Bonchev–Trinajstić information content (AvgIpc) is 2.78. The van der Waals surface area contributed by atoms with E-state index in [2.05, 4.69) is 21.4 Å². The normalized spacial score (nSPS) is 18.7. The minimum atomic E-state index is 0.708. The van der Waals surface area contributed by atoms with Gasteiger partial charge in [0.15, 0.2) is 0 Å². The number of aromatic nitrogens is 2. The third kappa shape index (κ3) is 3.30. The molecule has 0 spiro atoms.